The molecule has 1 saturated heterocycles. The summed E-state index contributed by atoms with van der Waals surface area (Å²) in [5.74, 6) is 0.909. The van der Waals surface area contributed by atoms with Crippen LogP contribution in [0.2, 0.25) is 10.0 Å². The molecule has 178 valence electrons. The summed E-state index contributed by atoms with van der Waals surface area (Å²) >= 11 is 12.1. The molecule has 0 spiro atoms. The van der Waals surface area contributed by atoms with Gasteiger partial charge in [0, 0.05) is 43.8 Å². The van der Waals surface area contributed by atoms with Gasteiger partial charge in [0.25, 0.3) is 5.91 Å². The van der Waals surface area contributed by atoms with Crippen LogP contribution in [0.5, 0.6) is 0 Å². The van der Waals surface area contributed by atoms with Crippen molar-refractivity contribution in [3.8, 4) is 0 Å². The van der Waals surface area contributed by atoms with Crippen LogP contribution >= 0.6 is 23.2 Å². The van der Waals surface area contributed by atoms with Crippen molar-refractivity contribution >= 4 is 52.3 Å². The summed E-state index contributed by atoms with van der Waals surface area (Å²) in [6, 6.07) is 15.1. The van der Waals surface area contributed by atoms with Crippen LogP contribution in [0.1, 0.15) is 16.8 Å². The van der Waals surface area contributed by atoms with Gasteiger partial charge >= 0.3 is 0 Å². The van der Waals surface area contributed by atoms with E-state index in [2.05, 4.69) is 43.0 Å². The van der Waals surface area contributed by atoms with Crippen LogP contribution in [-0.2, 0) is 4.74 Å². The molecular formula is C24H26Cl2N6O2. The molecule has 0 bridgehead atoms. The van der Waals surface area contributed by atoms with E-state index in [1.807, 2.05) is 18.2 Å². The number of benzene rings is 2. The van der Waals surface area contributed by atoms with Gasteiger partial charge in [-0.05, 0) is 48.9 Å². The molecule has 3 N–H and O–H groups in total. The molecule has 0 aliphatic carbocycles. The average Bonchev–Trinajstić information content (AvgIpc) is 2.85. The lowest BCUT2D eigenvalue weighted by atomic mass is 10.2. The summed E-state index contributed by atoms with van der Waals surface area (Å²) in [6.45, 7) is 4.39. The molecule has 2 heterocycles. The fraction of sp³-hybridized carbons (Fsp3) is 0.292. The predicted octanol–water partition coefficient (Wildman–Crippen LogP) is 4.60. The van der Waals surface area contributed by atoms with Gasteiger partial charge in [-0.1, -0.05) is 29.3 Å². The number of hydrogen-bond donors (Lipinski definition) is 3. The first-order valence-electron chi connectivity index (χ1n) is 11.1. The van der Waals surface area contributed by atoms with Crippen molar-refractivity contribution in [2.75, 3.05) is 54.9 Å². The fourth-order valence-corrected chi connectivity index (χ4v) is 4.10. The molecule has 0 unspecified atom stereocenters. The Morgan fingerprint density at radius 3 is 2.47 bits per heavy atom. The highest BCUT2D eigenvalue weighted by Crippen LogP contribution is 2.24. The molecular weight excluding hydrogens is 475 g/mol. The van der Waals surface area contributed by atoms with Gasteiger partial charge in [0.2, 0.25) is 5.95 Å². The minimum Gasteiger partial charge on any atom is -0.378 e. The Morgan fingerprint density at radius 2 is 1.74 bits per heavy atom. The van der Waals surface area contributed by atoms with Crippen LogP contribution in [0.25, 0.3) is 0 Å². The normalized spacial score (nSPS) is 13.4. The number of anilines is 4. The van der Waals surface area contributed by atoms with Crippen molar-refractivity contribution in [1.29, 1.82) is 0 Å². The summed E-state index contributed by atoms with van der Waals surface area (Å²) < 4.78 is 5.41. The van der Waals surface area contributed by atoms with Gasteiger partial charge in [0.05, 0.1) is 28.8 Å². The van der Waals surface area contributed by atoms with E-state index in [4.69, 9.17) is 27.9 Å². The number of morpholine rings is 1. The summed E-state index contributed by atoms with van der Waals surface area (Å²) in [5, 5.41) is 9.97. The predicted molar refractivity (Wildman–Crippen MR) is 137 cm³/mol. The lowest BCUT2D eigenvalue weighted by Crippen LogP contribution is -2.36. The van der Waals surface area contributed by atoms with Gasteiger partial charge in [-0.15, -0.1) is 0 Å². The molecule has 3 aromatic rings. The molecule has 0 atom stereocenters. The van der Waals surface area contributed by atoms with E-state index in [0.717, 1.165) is 32.0 Å². The summed E-state index contributed by atoms with van der Waals surface area (Å²) in [7, 11) is 0. The number of ether oxygens (including phenoxy) is 1. The van der Waals surface area contributed by atoms with Crippen LogP contribution in [0.4, 0.5) is 23.1 Å². The molecule has 0 saturated carbocycles. The first kappa shape index (κ1) is 24.1. The zero-order valence-electron chi connectivity index (χ0n) is 18.6. The van der Waals surface area contributed by atoms with E-state index >= 15 is 0 Å². The van der Waals surface area contributed by atoms with E-state index in [-0.39, 0.29) is 5.91 Å². The quantitative estimate of drug-likeness (QED) is 0.370. The molecule has 1 aliphatic heterocycles. The molecule has 10 heteroatoms. The van der Waals surface area contributed by atoms with Gasteiger partial charge < -0.3 is 25.6 Å². The molecule has 1 aromatic heterocycles. The zero-order chi connectivity index (χ0) is 23.8. The van der Waals surface area contributed by atoms with Gasteiger partial charge in [-0.25, -0.2) is 4.98 Å². The van der Waals surface area contributed by atoms with Crippen LogP contribution < -0.4 is 20.9 Å². The van der Waals surface area contributed by atoms with E-state index in [1.165, 1.54) is 5.69 Å². The van der Waals surface area contributed by atoms with Crippen molar-refractivity contribution in [2.24, 2.45) is 0 Å². The molecule has 2 aromatic carbocycles. The smallest absolute Gasteiger partial charge is 0.254 e. The standard InChI is InChI=1S/C24H26Cl2N6O2/c25-19-3-1-4-20(26)22(19)23(33)27-10-2-11-28-24-29-12-9-21(31-24)30-17-5-7-18(8-6-17)32-13-15-34-16-14-32/h1,3-9,12H,2,10-11,13-16H2,(H,27,33)(H2,28,29,30,31). The topological polar surface area (TPSA) is 91.4 Å². The number of rotatable bonds is 9. The third-order valence-electron chi connectivity index (χ3n) is 5.28. The second-order valence-corrected chi connectivity index (χ2v) is 8.48. The molecule has 1 aliphatic rings. The van der Waals surface area contributed by atoms with Gasteiger partial charge in [-0.2, -0.15) is 4.98 Å². The van der Waals surface area contributed by atoms with Gasteiger partial charge in [-0.3, -0.25) is 4.79 Å². The molecule has 1 fully saturated rings. The van der Waals surface area contributed by atoms with Gasteiger partial charge in [0.1, 0.15) is 5.82 Å². The lowest BCUT2D eigenvalue weighted by Gasteiger charge is -2.28. The highest BCUT2D eigenvalue weighted by atomic mass is 35.5. The lowest BCUT2D eigenvalue weighted by molar-refractivity contribution is 0.0954. The second-order valence-electron chi connectivity index (χ2n) is 7.67. The SMILES string of the molecule is O=C(NCCCNc1nccc(Nc2ccc(N3CCOCC3)cc2)n1)c1c(Cl)cccc1Cl. The fourth-order valence-electron chi connectivity index (χ4n) is 3.53. The number of halogens is 2. The summed E-state index contributed by atoms with van der Waals surface area (Å²) in [5.41, 5.74) is 2.42. The van der Waals surface area contributed by atoms with Crippen molar-refractivity contribution in [2.45, 2.75) is 6.42 Å². The Kier molecular flexibility index (Phi) is 8.41. The Bertz CT molecular complexity index is 1090. The Morgan fingerprint density at radius 1 is 1.00 bits per heavy atom. The number of carbonyl (C=O) groups excluding carboxylic acids is 1. The number of carbonyl (C=O) groups is 1. The Balaban J connectivity index is 1.22. The molecule has 34 heavy (non-hydrogen) atoms. The number of aromatic nitrogens is 2. The average molecular weight is 501 g/mol. The maximum Gasteiger partial charge on any atom is 0.254 e. The number of nitrogens with one attached hydrogen (secondary N) is 3. The summed E-state index contributed by atoms with van der Waals surface area (Å²) in [4.78, 5) is 23.4. The maximum absolute atomic E-state index is 12.3. The van der Waals surface area contributed by atoms with Crippen LogP contribution in [0, 0.1) is 0 Å². The third kappa shape index (κ3) is 6.50. The largest absolute Gasteiger partial charge is 0.378 e. The Hall–Kier alpha value is -3.07. The minimum absolute atomic E-state index is 0.291. The molecule has 1 amide bonds. The minimum atomic E-state index is -0.294. The van der Waals surface area contributed by atoms with Crippen molar-refractivity contribution in [3.05, 3.63) is 70.3 Å². The summed E-state index contributed by atoms with van der Waals surface area (Å²) in [6.07, 6.45) is 2.37. The van der Waals surface area contributed by atoms with Crippen LogP contribution in [0.15, 0.2) is 54.7 Å². The van der Waals surface area contributed by atoms with E-state index in [1.54, 1.807) is 24.4 Å². The molecule has 4 rings (SSSR count). The molecule has 8 nitrogen and oxygen atoms in total. The van der Waals surface area contributed by atoms with Crippen LogP contribution in [-0.4, -0.2) is 55.3 Å². The van der Waals surface area contributed by atoms with E-state index in [9.17, 15) is 4.79 Å². The van der Waals surface area contributed by atoms with E-state index in [0.29, 0.717) is 46.9 Å². The van der Waals surface area contributed by atoms with Gasteiger partial charge in [0.15, 0.2) is 0 Å². The highest BCUT2D eigenvalue weighted by molar-refractivity contribution is 6.39. The monoisotopic (exact) mass is 500 g/mol. The maximum atomic E-state index is 12.3. The zero-order valence-corrected chi connectivity index (χ0v) is 20.1. The third-order valence-corrected chi connectivity index (χ3v) is 5.91. The number of amides is 1. The van der Waals surface area contributed by atoms with Crippen molar-refractivity contribution < 1.29 is 9.53 Å². The first-order chi connectivity index (χ1) is 16.6. The second kappa shape index (κ2) is 11.9. The van der Waals surface area contributed by atoms with Crippen molar-refractivity contribution in [1.82, 2.24) is 15.3 Å². The number of nitrogens with zero attached hydrogens (tertiary/aromatic N) is 3. The molecule has 0 radical (unpaired) electrons. The number of hydrogen-bond acceptors (Lipinski definition) is 7. The van der Waals surface area contributed by atoms with E-state index < -0.39 is 0 Å². The van der Waals surface area contributed by atoms with Crippen LogP contribution in [0.3, 0.4) is 0 Å². The first-order valence-corrected chi connectivity index (χ1v) is 11.8. The Labute approximate surface area is 208 Å². The highest BCUT2D eigenvalue weighted by Gasteiger charge is 2.14. The van der Waals surface area contributed by atoms with Crippen molar-refractivity contribution in [3.63, 3.8) is 0 Å².